The summed E-state index contributed by atoms with van der Waals surface area (Å²) in [5.74, 6) is 1.34. The summed E-state index contributed by atoms with van der Waals surface area (Å²) < 4.78 is 5.30. The van der Waals surface area contributed by atoms with Crippen molar-refractivity contribution in [2.45, 2.75) is 32.6 Å². The highest BCUT2D eigenvalue weighted by Gasteiger charge is 2.24. The van der Waals surface area contributed by atoms with Gasteiger partial charge in [0.1, 0.15) is 5.75 Å². The van der Waals surface area contributed by atoms with E-state index >= 15 is 0 Å². The van der Waals surface area contributed by atoms with E-state index in [9.17, 15) is 4.79 Å². The van der Waals surface area contributed by atoms with E-state index in [0.717, 1.165) is 36.2 Å². The zero-order valence-electron chi connectivity index (χ0n) is 12.7. The molecule has 0 unspecified atom stereocenters. The van der Waals surface area contributed by atoms with E-state index in [2.05, 4.69) is 23.3 Å². The lowest BCUT2D eigenvalue weighted by molar-refractivity contribution is -0.127. The lowest BCUT2D eigenvalue weighted by atomic mass is 9.85. The Kier molecular flexibility index (Phi) is 3.86. The van der Waals surface area contributed by atoms with Crippen LogP contribution in [0.4, 0.5) is 0 Å². The van der Waals surface area contributed by atoms with E-state index in [1.165, 1.54) is 17.4 Å². The zero-order valence-corrected chi connectivity index (χ0v) is 12.7. The third-order valence-electron chi connectivity index (χ3n) is 4.48. The average molecular weight is 286 g/mol. The maximum Gasteiger partial charge on any atom is 0.223 e. The van der Waals surface area contributed by atoms with E-state index in [0.29, 0.717) is 6.54 Å². The summed E-state index contributed by atoms with van der Waals surface area (Å²) >= 11 is 0. The van der Waals surface area contributed by atoms with Crippen LogP contribution >= 0.6 is 0 Å². The standard InChI is InChI=1S/C17H22N2O2/c1-11-14(8-9-18-17(20)12-4-3-5-12)15-10-13(21-2)6-7-16(15)19-11/h6-7,10,12,19H,3-5,8-9H2,1-2H3,(H,18,20). The third kappa shape index (κ3) is 2.75. The second-order valence-corrected chi connectivity index (χ2v) is 5.81. The lowest BCUT2D eigenvalue weighted by Crippen LogP contribution is -2.35. The SMILES string of the molecule is COc1ccc2[nH]c(C)c(CCNC(=O)C3CCC3)c2c1. The number of benzene rings is 1. The molecule has 1 heterocycles. The summed E-state index contributed by atoms with van der Waals surface area (Å²) in [6.07, 6.45) is 4.14. The zero-order chi connectivity index (χ0) is 14.8. The molecule has 1 aromatic carbocycles. The number of carbonyl (C=O) groups is 1. The smallest absolute Gasteiger partial charge is 0.223 e. The van der Waals surface area contributed by atoms with Crippen LogP contribution in [0.25, 0.3) is 10.9 Å². The molecule has 1 aliphatic rings. The molecular formula is C17H22N2O2. The first kappa shape index (κ1) is 14.0. The molecule has 1 amide bonds. The van der Waals surface area contributed by atoms with Gasteiger partial charge in [-0.15, -0.1) is 0 Å². The van der Waals surface area contributed by atoms with E-state index in [-0.39, 0.29) is 11.8 Å². The first-order valence-electron chi connectivity index (χ1n) is 7.62. The predicted octanol–water partition coefficient (Wildman–Crippen LogP) is 2.94. The Balaban J connectivity index is 1.70. The average Bonchev–Trinajstić information content (AvgIpc) is 2.72. The van der Waals surface area contributed by atoms with Crippen molar-refractivity contribution in [1.82, 2.24) is 10.3 Å². The number of nitrogens with one attached hydrogen (secondary N) is 2. The molecular weight excluding hydrogens is 264 g/mol. The van der Waals surface area contributed by atoms with Crippen molar-refractivity contribution in [3.63, 3.8) is 0 Å². The maximum absolute atomic E-state index is 11.9. The molecule has 1 fully saturated rings. The van der Waals surface area contributed by atoms with Gasteiger partial charge in [-0.1, -0.05) is 6.42 Å². The summed E-state index contributed by atoms with van der Waals surface area (Å²) in [5, 5.41) is 4.24. The largest absolute Gasteiger partial charge is 0.497 e. The fourth-order valence-corrected chi connectivity index (χ4v) is 2.94. The summed E-state index contributed by atoms with van der Waals surface area (Å²) in [6, 6.07) is 6.06. The van der Waals surface area contributed by atoms with Crippen LogP contribution in [0.5, 0.6) is 5.75 Å². The van der Waals surface area contributed by atoms with Crippen molar-refractivity contribution in [2.75, 3.05) is 13.7 Å². The van der Waals surface area contributed by atoms with E-state index < -0.39 is 0 Å². The predicted molar refractivity (Wildman–Crippen MR) is 83.6 cm³/mol. The number of aromatic nitrogens is 1. The van der Waals surface area contributed by atoms with Crippen molar-refractivity contribution in [1.29, 1.82) is 0 Å². The number of amides is 1. The first-order valence-corrected chi connectivity index (χ1v) is 7.62. The van der Waals surface area contributed by atoms with Gasteiger partial charge in [-0.25, -0.2) is 0 Å². The molecule has 0 saturated heterocycles. The normalized spacial score (nSPS) is 15.0. The van der Waals surface area contributed by atoms with Gasteiger partial charge in [-0.2, -0.15) is 0 Å². The minimum Gasteiger partial charge on any atom is -0.497 e. The van der Waals surface area contributed by atoms with Crippen molar-refractivity contribution >= 4 is 16.8 Å². The molecule has 0 radical (unpaired) electrons. The molecule has 2 aromatic rings. The molecule has 2 N–H and O–H groups in total. The topological polar surface area (TPSA) is 54.1 Å². The van der Waals surface area contributed by atoms with Crippen LogP contribution in [0.3, 0.4) is 0 Å². The van der Waals surface area contributed by atoms with Crippen molar-refractivity contribution in [2.24, 2.45) is 5.92 Å². The number of rotatable bonds is 5. The highest BCUT2D eigenvalue weighted by atomic mass is 16.5. The molecule has 0 aliphatic heterocycles. The van der Waals surface area contributed by atoms with Crippen molar-refractivity contribution in [3.05, 3.63) is 29.5 Å². The number of ether oxygens (including phenoxy) is 1. The fourth-order valence-electron chi connectivity index (χ4n) is 2.94. The number of hydrogen-bond acceptors (Lipinski definition) is 2. The Labute approximate surface area is 124 Å². The molecule has 3 rings (SSSR count). The second-order valence-electron chi connectivity index (χ2n) is 5.81. The fraction of sp³-hybridized carbons (Fsp3) is 0.471. The van der Waals surface area contributed by atoms with Crippen LogP contribution in [-0.2, 0) is 11.2 Å². The minimum atomic E-state index is 0.219. The number of H-pyrrole nitrogens is 1. The quantitative estimate of drug-likeness (QED) is 0.888. The number of aryl methyl sites for hydroxylation is 1. The molecule has 21 heavy (non-hydrogen) atoms. The molecule has 0 spiro atoms. The van der Waals surface area contributed by atoms with Crippen LogP contribution < -0.4 is 10.1 Å². The number of aromatic amines is 1. The van der Waals surface area contributed by atoms with Crippen molar-refractivity contribution in [3.8, 4) is 5.75 Å². The number of hydrogen-bond donors (Lipinski definition) is 2. The van der Waals surface area contributed by atoms with Crippen LogP contribution in [-0.4, -0.2) is 24.5 Å². The Hall–Kier alpha value is -1.97. The van der Waals surface area contributed by atoms with Gasteiger partial charge in [-0.3, -0.25) is 4.79 Å². The van der Waals surface area contributed by atoms with Gasteiger partial charge >= 0.3 is 0 Å². The van der Waals surface area contributed by atoms with E-state index in [4.69, 9.17) is 4.74 Å². The van der Waals surface area contributed by atoms with E-state index in [1.54, 1.807) is 7.11 Å². The van der Waals surface area contributed by atoms with Gasteiger partial charge in [-0.05, 0) is 49.9 Å². The molecule has 4 heteroatoms. The summed E-state index contributed by atoms with van der Waals surface area (Å²) in [5.41, 5.74) is 3.54. The van der Waals surface area contributed by atoms with E-state index in [1.807, 2.05) is 12.1 Å². The van der Waals surface area contributed by atoms with Crippen LogP contribution in [0, 0.1) is 12.8 Å². The summed E-state index contributed by atoms with van der Waals surface area (Å²) in [6.45, 7) is 2.77. The van der Waals surface area contributed by atoms with Gasteiger partial charge < -0.3 is 15.0 Å². The molecule has 0 bridgehead atoms. The van der Waals surface area contributed by atoms with Gasteiger partial charge in [0.05, 0.1) is 7.11 Å². The molecule has 112 valence electrons. The number of methoxy groups -OCH3 is 1. The van der Waals surface area contributed by atoms with Gasteiger partial charge in [0.25, 0.3) is 0 Å². The van der Waals surface area contributed by atoms with Gasteiger partial charge in [0.2, 0.25) is 5.91 Å². The molecule has 0 atom stereocenters. The number of fused-ring (bicyclic) bond motifs is 1. The molecule has 1 aliphatic carbocycles. The third-order valence-corrected chi connectivity index (χ3v) is 4.48. The highest BCUT2D eigenvalue weighted by molar-refractivity contribution is 5.86. The Morgan fingerprint density at radius 1 is 1.43 bits per heavy atom. The van der Waals surface area contributed by atoms with Gasteiger partial charge in [0.15, 0.2) is 0 Å². The van der Waals surface area contributed by atoms with Crippen molar-refractivity contribution < 1.29 is 9.53 Å². The number of carbonyl (C=O) groups excluding carboxylic acids is 1. The molecule has 1 aromatic heterocycles. The summed E-state index contributed by atoms with van der Waals surface area (Å²) in [7, 11) is 1.68. The van der Waals surface area contributed by atoms with Crippen LogP contribution in [0.2, 0.25) is 0 Å². The Bertz CT molecular complexity index is 656. The van der Waals surface area contributed by atoms with Crippen LogP contribution in [0.1, 0.15) is 30.5 Å². The lowest BCUT2D eigenvalue weighted by Gasteiger charge is -2.24. The summed E-state index contributed by atoms with van der Waals surface area (Å²) in [4.78, 5) is 15.3. The van der Waals surface area contributed by atoms with Gasteiger partial charge in [0, 0.05) is 29.1 Å². The molecule has 4 nitrogen and oxygen atoms in total. The monoisotopic (exact) mass is 286 g/mol. The van der Waals surface area contributed by atoms with Crippen LogP contribution in [0.15, 0.2) is 18.2 Å². The minimum absolute atomic E-state index is 0.219. The highest BCUT2D eigenvalue weighted by Crippen LogP contribution is 2.27. The first-order chi connectivity index (χ1) is 10.2. The maximum atomic E-state index is 11.9. The second kappa shape index (κ2) is 5.80. The molecule has 1 saturated carbocycles. The Morgan fingerprint density at radius 3 is 2.90 bits per heavy atom. The Morgan fingerprint density at radius 2 is 2.24 bits per heavy atom.